The van der Waals surface area contributed by atoms with Gasteiger partial charge in [-0.3, -0.25) is 9.78 Å². The Morgan fingerprint density at radius 1 is 1.07 bits per heavy atom. The molecule has 0 aliphatic rings. The zero-order valence-corrected chi connectivity index (χ0v) is 16.1. The van der Waals surface area contributed by atoms with Crippen molar-refractivity contribution in [3.05, 3.63) is 36.7 Å². The van der Waals surface area contributed by atoms with Gasteiger partial charge in [0.1, 0.15) is 0 Å². The number of nitrogens with zero attached hydrogens (tertiary/aromatic N) is 1. The summed E-state index contributed by atoms with van der Waals surface area (Å²) in [5.41, 5.74) is 5.23. The molecule has 0 bridgehead atoms. The summed E-state index contributed by atoms with van der Waals surface area (Å²) in [6.45, 7) is 1.80. The molecule has 8 nitrogen and oxygen atoms in total. The van der Waals surface area contributed by atoms with E-state index in [1.54, 1.807) is 30.6 Å². The molecule has 2 rings (SSSR count). The largest absolute Gasteiger partial charge is 0.344 e. The Bertz CT molecular complexity index is 837. The minimum Gasteiger partial charge on any atom is -0.344 e. The molecule has 0 saturated heterocycles. The highest BCUT2D eigenvalue weighted by Crippen LogP contribution is 2.21. The topological polar surface area (TPSA) is 126 Å². The van der Waals surface area contributed by atoms with Gasteiger partial charge < -0.3 is 16.4 Å². The van der Waals surface area contributed by atoms with Gasteiger partial charge in [-0.15, -0.1) is 0 Å². The number of carbonyl (C=O) groups excluding carboxylic acids is 1. The number of hydrogen-bond donors (Lipinski definition) is 4. The molecular weight excluding hydrogens is 366 g/mol. The number of aromatic nitrogens is 1. The maximum Gasteiger partial charge on any atom is 0.241 e. The number of sulfonamides is 1. The molecule has 1 heterocycles. The maximum absolute atomic E-state index is 12.5. The third kappa shape index (κ3) is 6.87. The zero-order chi connectivity index (χ0) is 19.5. The van der Waals surface area contributed by atoms with Gasteiger partial charge in [0.25, 0.3) is 0 Å². The van der Waals surface area contributed by atoms with E-state index in [2.05, 4.69) is 20.3 Å². The van der Waals surface area contributed by atoms with E-state index < -0.39 is 10.0 Å². The SMILES string of the molecule is NCNC(=O)CCCCCNCCNS(=O)(=O)c1cccc2cnccc12. The van der Waals surface area contributed by atoms with Crippen LogP contribution in [0.2, 0.25) is 0 Å². The number of nitrogens with two attached hydrogens (primary N) is 1. The Balaban J connectivity index is 1.67. The van der Waals surface area contributed by atoms with E-state index in [4.69, 9.17) is 5.73 Å². The predicted molar refractivity (Wildman–Crippen MR) is 105 cm³/mol. The lowest BCUT2D eigenvalue weighted by molar-refractivity contribution is -0.121. The molecule has 27 heavy (non-hydrogen) atoms. The summed E-state index contributed by atoms with van der Waals surface area (Å²) in [6, 6.07) is 6.85. The second-order valence-electron chi connectivity index (χ2n) is 6.12. The van der Waals surface area contributed by atoms with Crippen molar-refractivity contribution in [3.8, 4) is 0 Å². The molecule has 0 atom stereocenters. The van der Waals surface area contributed by atoms with Gasteiger partial charge in [-0.1, -0.05) is 18.6 Å². The second kappa shape index (κ2) is 10.9. The van der Waals surface area contributed by atoms with Gasteiger partial charge in [-0.25, -0.2) is 13.1 Å². The summed E-state index contributed by atoms with van der Waals surface area (Å²) in [6.07, 6.45) is 6.39. The van der Waals surface area contributed by atoms with Gasteiger partial charge in [0, 0.05) is 42.7 Å². The number of unbranched alkanes of at least 4 members (excludes halogenated alkanes) is 2. The van der Waals surface area contributed by atoms with Crippen LogP contribution in [0.3, 0.4) is 0 Å². The van der Waals surface area contributed by atoms with E-state index in [1.807, 2.05) is 6.07 Å². The van der Waals surface area contributed by atoms with Gasteiger partial charge >= 0.3 is 0 Å². The Morgan fingerprint density at radius 3 is 2.74 bits per heavy atom. The predicted octanol–water partition coefficient (Wildman–Crippen LogP) is 0.696. The molecule has 0 unspecified atom stereocenters. The summed E-state index contributed by atoms with van der Waals surface area (Å²) in [7, 11) is -3.58. The van der Waals surface area contributed by atoms with E-state index in [1.165, 1.54) is 0 Å². The molecule has 1 amide bonds. The number of fused-ring (bicyclic) bond motifs is 1. The number of pyridine rings is 1. The van der Waals surface area contributed by atoms with Crippen LogP contribution in [0.4, 0.5) is 0 Å². The van der Waals surface area contributed by atoms with Crippen molar-refractivity contribution in [2.75, 3.05) is 26.3 Å². The Hall–Kier alpha value is -2.07. The van der Waals surface area contributed by atoms with Crippen molar-refractivity contribution in [2.24, 2.45) is 5.73 Å². The quantitative estimate of drug-likeness (QED) is 0.311. The lowest BCUT2D eigenvalue weighted by Gasteiger charge is -2.10. The second-order valence-corrected chi connectivity index (χ2v) is 7.85. The fourth-order valence-electron chi connectivity index (χ4n) is 2.72. The number of amides is 1. The first-order valence-electron chi connectivity index (χ1n) is 9.04. The highest BCUT2D eigenvalue weighted by molar-refractivity contribution is 7.89. The number of hydrogen-bond acceptors (Lipinski definition) is 6. The van der Waals surface area contributed by atoms with Crippen molar-refractivity contribution in [3.63, 3.8) is 0 Å². The van der Waals surface area contributed by atoms with Crippen molar-refractivity contribution in [2.45, 2.75) is 30.6 Å². The summed E-state index contributed by atoms with van der Waals surface area (Å²) >= 11 is 0. The summed E-state index contributed by atoms with van der Waals surface area (Å²) in [5, 5.41) is 7.21. The lowest BCUT2D eigenvalue weighted by atomic mass is 10.2. The van der Waals surface area contributed by atoms with E-state index in [-0.39, 0.29) is 17.5 Å². The molecule has 148 valence electrons. The van der Waals surface area contributed by atoms with Crippen LogP contribution in [0, 0.1) is 0 Å². The van der Waals surface area contributed by atoms with Crippen molar-refractivity contribution < 1.29 is 13.2 Å². The van der Waals surface area contributed by atoms with Crippen molar-refractivity contribution in [1.82, 2.24) is 20.3 Å². The first-order valence-corrected chi connectivity index (χ1v) is 10.5. The molecule has 0 spiro atoms. The third-order valence-electron chi connectivity index (χ3n) is 4.08. The molecule has 2 aromatic rings. The lowest BCUT2D eigenvalue weighted by Crippen LogP contribution is -2.32. The molecule has 0 aliphatic carbocycles. The van der Waals surface area contributed by atoms with Crippen LogP contribution in [-0.4, -0.2) is 45.6 Å². The van der Waals surface area contributed by atoms with Crippen LogP contribution in [-0.2, 0) is 14.8 Å². The van der Waals surface area contributed by atoms with Crippen LogP contribution in [0.5, 0.6) is 0 Å². The first-order chi connectivity index (χ1) is 13.0. The molecule has 0 fully saturated rings. The van der Waals surface area contributed by atoms with E-state index in [0.29, 0.717) is 24.9 Å². The average molecular weight is 394 g/mol. The van der Waals surface area contributed by atoms with E-state index in [0.717, 1.165) is 31.2 Å². The average Bonchev–Trinajstić information content (AvgIpc) is 2.66. The normalized spacial score (nSPS) is 11.6. The Labute approximate surface area is 160 Å². The number of carbonyl (C=O) groups is 1. The fourth-order valence-corrected chi connectivity index (χ4v) is 3.98. The first kappa shape index (κ1) is 21.2. The van der Waals surface area contributed by atoms with Crippen LogP contribution in [0.1, 0.15) is 25.7 Å². The van der Waals surface area contributed by atoms with Crippen molar-refractivity contribution in [1.29, 1.82) is 0 Å². The zero-order valence-electron chi connectivity index (χ0n) is 15.3. The smallest absolute Gasteiger partial charge is 0.241 e. The molecule has 9 heteroatoms. The molecule has 0 radical (unpaired) electrons. The Kier molecular flexibility index (Phi) is 8.59. The number of nitrogens with one attached hydrogen (secondary N) is 3. The van der Waals surface area contributed by atoms with Gasteiger partial charge in [0.05, 0.1) is 11.6 Å². The fraction of sp³-hybridized carbons (Fsp3) is 0.444. The maximum atomic E-state index is 12.5. The van der Waals surface area contributed by atoms with Gasteiger partial charge in [-0.05, 0) is 31.5 Å². The van der Waals surface area contributed by atoms with E-state index in [9.17, 15) is 13.2 Å². The van der Waals surface area contributed by atoms with Gasteiger partial charge in [0.2, 0.25) is 15.9 Å². The van der Waals surface area contributed by atoms with Crippen LogP contribution < -0.4 is 21.1 Å². The summed E-state index contributed by atoms with van der Waals surface area (Å²) in [5.74, 6) is -0.0240. The molecule has 0 saturated carbocycles. The Morgan fingerprint density at radius 2 is 1.93 bits per heavy atom. The highest BCUT2D eigenvalue weighted by Gasteiger charge is 2.16. The van der Waals surface area contributed by atoms with Crippen LogP contribution in [0.25, 0.3) is 10.8 Å². The summed E-state index contributed by atoms with van der Waals surface area (Å²) < 4.78 is 27.7. The molecule has 1 aromatic carbocycles. The van der Waals surface area contributed by atoms with E-state index >= 15 is 0 Å². The highest BCUT2D eigenvalue weighted by atomic mass is 32.2. The van der Waals surface area contributed by atoms with Gasteiger partial charge in [-0.2, -0.15) is 0 Å². The standard InChI is InChI=1S/C18H27N5O3S/c19-14-22-18(24)7-2-1-3-9-20-11-12-23-27(25,26)17-6-4-5-15-13-21-10-8-16(15)17/h4-6,8,10,13,20,23H,1-3,7,9,11-12,14,19H2,(H,22,24). The minimum absolute atomic E-state index is 0.0240. The summed E-state index contributed by atoms with van der Waals surface area (Å²) in [4.78, 5) is 15.5. The monoisotopic (exact) mass is 393 g/mol. The molecule has 0 aliphatic heterocycles. The molecule has 1 aromatic heterocycles. The van der Waals surface area contributed by atoms with Crippen LogP contribution >= 0.6 is 0 Å². The third-order valence-corrected chi connectivity index (χ3v) is 5.60. The molecule has 5 N–H and O–H groups in total. The van der Waals surface area contributed by atoms with Crippen molar-refractivity contribution >= 4 is 26.7 Å². The number of rotatable bonds is 12. The molecular formula is C18H27N5O3S. The van der Waals surface area contributed by atoms with Crippen LogP contribution in [0.15, 0.2) is 41.6 Å². The minimum atomic E-state index is -3.58. The number of benzene rings is 1. The van der Waals surface area contributed by atoms with Gasteiger partial charge in [0.15, 0.2) is 0 Å².